The number of hydrogen-bond acceptors (Lipinski definition) is 5. The van der Waals surface area contributed by atoms with E-state index in [9.17, 15) is 4.79 Å². The molecule has 0 unspecified atom stereocenters. The monoisotopic (exact) mass is 380 g/mol. The minimum absolute atomic E-state index is 0.0276. The summed E-state index contributed by atoms with van der Waals surface area (Å²) in [4.78, 5) is 24.9. The van der Waals surface area contributed by atoms with Crippen LogP contribution in [0.15, 0.2) is 4.99 Å². The van der Waals surface area contributed by atoms with Gasteiger partial charge in [0, 0.05) is 37.5 Å². The minimum atomic E-state index is -0.0556. The molecule has 0 spiro atoms. The van der Waals surface area contributed by atoms with Crippen molar-refractivity contribution in [3.05, 3.63) is 15.6 Å². The van der Waals surface area contributed by atoms with Crippen molar-refractivity contribution in [1.82, 2.24) is 15.2 Å². The summed E-state index contributed by atoms with van der Waals surface area (Å²) < 4.78 is 5.15. The summed E-state index contributed by atoms with van der Waals surface area (Å²) in [6.45, 7) is 11.9. The van der Waals surface area contributed by atoms with Gasteiger partial charge in [0.2, 0.25) is 0 Å². The molecule has 1 aromatic heterocycles. The van der Waals surface area contributed by atoms with Gasteiger partial charge < -0.3 is 15.0 Å². The highest BCUT2D eigenvalue weighted by atomic mass is 32.1. The lowest BCUT2D eigenvalue weighted by molar-refractivity contribution is -0.149. The normalized spacial score (nSPS) is 16.0. The number of piperidine rings is 1. The summed E-state index contributed by atoms with van der Waals surface area (Å²) >= 11 is 1.78. The lowest BCUT2D eigenvalue weighted by Gasteiger charge is -2.33. The molecule has 7 heteroatoms. The summed E-state index contributed by atoms with van der Waals surface area (Å²) in [5.41, 5.74) is 1.21. The van der Waals surface area contributed by atoms with Crippen LogP contribution in [-0.4, -0.2) is 54.6 Å². The standard InChI is InChI=1S/C19H32N4O2S/c1-5-16-14(4)26-17(22-16)8-11-21-19(20-6-2)23-12-9-15(10-13-23)18(24)25-7-3/h15H,5-13H2,1-4H3,(H,20,21). The van der Waals surface area contributed by atoms with Crippen molar-refractivity contribution in [2.45, 2.75) is 53.4 Å². The fourth-order valence-corrected chi connectivity index (χ4v) is 4.20. The number of thiazole rings is 1. The number of likely N-dealkylation sites (tertiary alicyclic amines) is 1. The molecule has 2 heterocycles. The Morgan fingerprint density at radius 3 is 2.65 bits per heavy atom. The maximum absolute atomic E-state index is 11.9. The van der Waals surface area contributed by atoms with Crippen LogP contribution >= 0.6 is 11.3 Å². The van der Waals surface area contributed by atoms with Crippen LogP contribution in [-0.2, 0) is 22.4 Å². The Hall–Kier alpha value is -1.63. The van der Waals surface area contributed by atoms with Gasteiger partial charge in [0.15, 0.2) is 5.96 Å². The van der Waals surface area contributed by atoms with Crippen LogP contribution in [0.3, 0.4) is 0 Å². The maximum atomic E-state index is 11.9. The number of aliphatic imine (C=N–C) groups is 1. The van der Waals surface area contributed by atoms with E-state index < -0.39 is 0 Å². The Balaban J connectivity index is 1.89. The second-order valence-electron chi connectivity index (χ2n) is 6.46. The van der Waals surface area contributed by atoms with Gasteiger partial charge in [0.05, 0.1) is 23.2 Å². The van der Waals surface area contributed by atoms with E-state index >= 15 is 0 Å². The number of nitrogens with zero attached hydrogens (tertiary/aromatic N) is 3. The van der Waals surface area contributed by atoms with Gasteiger partial charge in [-0.05, 0) is 40.0 Å². The van der Waals surface area contributed by atoms with Crippen LogP contribution in [0.5, 0.6) is 0 Å². The Kier molecular flexibility index (Phi) is 8.35. The molecule has 0 amide bonds. The SMILES string of the molecule is CCNC(=NCCc1nc(CC)c(C)s1)N1CCC(C(=O)OCC)CC1. The number of ether oxygens (including phenoxy) is 1. The maximum Gasteiger partial charge on any atom is 0.309 e. The van der Waals surface area contributed by atoms with Crippen molar-refractivity contribution in [3.8, 4) is 0 Å². The van der Waals surface area contributed by atoms with E-state index in [0.717, 1.165) is 57.8 Å². The predicted molar refractivity (Wildman–Crippen MR) is 107 cm³/mol. The summed E-state index contributed by atoms with van der Waals surface area (Å²) in [6.07, 6.45) is 3.52. The Morgan fingerprint density at radius 1 is 1.35 bits per heavy atom. The second-order valence-corrected chi connectivity index (χ2v) is 7.75. The first-order chi connectivity index (χ1) is 12.6. The third-order valence-corrected chi connectivity index (χ3v) is 5.68. The number of hydrogen-bond donors (Lipinski definition) is 1. The molecule has 146 valence electrons. The van der Waals surface area contributed by atoms with Crippen molar-refractivity contribution >= 4 is 23.3 Å². The molecule has 1 aliphatic rings. The number of nitrogens with one attached hydrogen (secondary N) is 1. The van der Waals surface area contributed by atoms with E-state index in [0.29, 0.717) is 6.61 Å². The zero-order valence-electron chi connectivity index (χ0n) is 16.5. The third kappa shape index (κ3) is 5.69. The summed E-state index contributed by atoms with van der Waals surface area (Å²) in [7, 11) is 0. The number of esters is 1. The first kappa shape index (κ1) is 20.7. The minimum Gasteiger partial charge on any atom is -0.466 e. The highest BCUT2D eigenvalue weighted by Gasteiger charge is 2.27. The summed E-state index contributed by atoms with van der Waals surface area (Å²) in [6, 6.07) is 0. The molecule has 1 saturated heterocycles. The number of rotatable bonds is 7. The summed E-state index contributed by atoms with van der Waals surface area (Å²) in [5, 5.41) is 4.54. The molecule has 0 saturated carbocycles. The van der Waals surface area contributed by atoms with Crippen molar-refractivity contribution in [2.75, 3.05) is 32.8 Å². The molecule has 1 aliphatic heterocycles. The fraction of sp³-hybridized carbons (Fsp3) is 0.737. The number of aryl methyl sites for hydroxylation is 2. The van der Waals surface area contributed by atoms with Crippen LogP contribution in [0.25, 0.3) is 0 Å². The van der Waals surface area contributed by atoms with Crippen molar-refractivity contribution in [1.29, 1.82) is 0 Å². The van der Waals surface area contributed by atoms with Gasteiger partial charge in [-0.1, -0.05) is 6.92 Å². The topological polar surface area (TPSA) is 66.8 Å². The van der Waals surface area contributed by atoms with Gasteiger partial charge in [0.25, 0.3) is 0 Å². The average Bonchev–Trinajstić information content (AvgIpc) is 3.01. The Bertz CT molecular complexity index is 607. The van der Waals surface area contributed by atoms with Gasteiger partial charge in [0.1, 0.15) is 0 Å². The van der Waals surface area contributed by atoms with E-state index in [4.69, 9.17) is 14.7 Å². The molecule has 0 bridgehead atoms. The van der Waals surface area contributed by atoms with Gasteiger partial charge in [-0.2, -0.15) is 0 Å². The number of guanidine groups is 1. The molecule has 0 aromatic carbocycles. The van der Waals surface area contributed by atoms with E-state index in [2.05, 4.69) is 31.0 Å². The van der Waals surface area contributed by atoms with Crippen LogP contribution < -0.4 is 5.32 Å². The van der Waals surface area contributed by atoms with Crippen LogP contribution in [0.1, 0.15) is 49.2 Å². The first-order valence-electron chi connectivity index (χ1n) is 9.74. The molecule has 0 atom stereocenters. The molecule has 6 nitrogen and oxygen atoms in total. The predicted octanol–water partition coefficient (Wildman–Crippen LogP) is 2.80. The molecular weight excluding hydrogens is 348 g/mol. The average molecular weight is 381 g/mol. The molecule has 26 heavy (non-hydrogen) atoms. The molecular formula is C19H32N4O2S. The number of carbonyl (C=O) groups is 1. The van der Waals surface area contributed by atoms with Crippen molar-refractivity contribution in [2.24, 2.45) is 10.9 Å². The quantitative estimate of drug-likeness (QED) is 0.448. The molecule has 1 N–H and O–H groups in total. The summed E-state index contributed by atoms with van der Waals surface area (Å²) in [5.74, 6) is 0.915. The lowest BCUT2D eigenvalue weighted by Crippen LogP contribution is -2.46. The van der Waals surface area contributed by atoms with Crippen LogP contribution in [0.2, 0.25) is 0 Å². The van der Waals surface area contributed by atoms with E-state index in [1.165, 1.54) is 15.6 Å². The van der Waals surface area contributed by atoms with Crippen molar-refractivity contribution < 1.29 is 9.53 Å². The van der Waals surface area contributed by atoms with Crippen molar-refractivity contribution in [3.63, 3.8) is 0 Å². The van der Waals surface area contributed by atoms with Gasteiger partial charge >= 0.3 is 5.97 Å². The Morgan fingerprint density at radius 2 is 2.08 bits per heavy atom. The highest BCUT2D eigenvalue weighted by molar-refractivity contribution is 7.11. The van der Waals surface area contributed by atoms with E-state index in [1.807, 2.05) is 6.92 Å². The highest BCUT2D eigenvalue weighted by Crippen LogP contribution is 2.20. The number of aromatic nitrogens is 1. The smallest absolute Gasteiger partial charge is 0.309 e. The Labute approximate surface area is 161 Å². The van der Waals surface area contributed by atoms with Crippen LogP contribution in [0, 0.1) is 12.8 Å². The number of carbonyl (C=O) groups excluding carboxylic acids is 1. The molecule has 2 rings (SSSR count). The zero-order valence-corrected chi connectivity index (χ0v) is 17.3. The van der Waals surface area contributed by atoms with Gasteiger partial charge in [-0.25, -0.2) is 4.98 Å². The van der Waals surface area contributed by atoms with Gasteiger partial charge in [-0.15, -0.1) is 11.3 Å². The largest absolute Gasteiger partial charge is 0.466 e. The molecule has 1 aromatic rings. The molecule has 0 radical (unpaired) electrons. The second kappa shape index (κ2) is 10.5. The molecule has 0 aliphatic carbocycles. The van der Waals surface area contributed by atoms with E-state index in [1.54, 1.807) is 11.3 Å². The lowest BCUT2D eigenvalue weighted by atomic mass is 9.97. The molecule has 1 fully saturated rings. The third-order valence-electron chi connectivity index (χ3n) is 4.61. The van der Waals surface area contributed by atoms with E-state index in [-0.39, 0.29) is 11.9 Å². The van der Waals surface area contributed by atoms with Crippen LogP contribution in [0.4, 0.5) is 0 Å². The zero-order chi connectivity index (χ0) is 18.9. The first-order valence-corrected chi connectivity index (χ1v) is 10.6. The van der Waals surface area contributed by atoms with Gasteiger partial charge in [-0.3, -0.25) is 9.79 Å². The fourth-order valence-electron chi connectivity index (χ4n) is 3.19.